The summed E-state index contributed by atoms with van der Waals surface area (Å²) in [5.74, 6) is 0.675. The summed E-state index contributed by atoms with van der Waals surface area (Å²) < 4.78 is 32.0. The van der Waals surface area contributed by atoms with Crippen LogP contribution in [0, 0.1) is 0 Å². The number of halogens is 1. The zero-order valence-corrected chi connectivity index (χ0v) is 21.2. The summed E-state index contributed by atoms with van der Waals surface area (Å²) in [6, 6.07) is 6.33. The lowest BCUT2D eigenvalue weighted by Gasteiger charge is -2.34. The van der Waals surface area contributed by atoms with Gasteiger partial charge in [0.15, 0.2) is 0 Å². The van der Waals surface area contributed by atoms with E-state index in [9.17, 15) is 13.2 Å². The summed E-state index contributed by atoms with van der Waals surface area (Å²) in [6.45, 7) is 7.94. The molecule has 1 aromatic carbocycles. The summed E-state index contributed by atoms with van der Waals surface area (Å²) in [7, 11) is -3.22. The number of amides is 1. The number of H-pyrrole nitrogens is 1. The van der Waals surface area contributed by atoms with Crippen molar-refractivity contribution in [2.75, 3.05) is 45.5 Å². The summed E-state index contributed by atoms with van der Waals surface area (Å²) in [4.78, 5) is 20.4. The Balaban J connectivity index is 1.44. The van der Waals surface area contributed by atoms with E-state index in [-0.39, 0.29) is 12.0 Å². The van der Waals surface area contributed by atoms with E-state index in [1.165, 1.54) is 10.6 Å². The molecule has 10 heteroatoms. The fourth-order valence-corrected chi connectivity index (χ4v) is 5.69. The molecule has 0 spiro atoms. The highest BCUT2D eigenvalue weighted by Gasteiger charge is 2.28. The standard InChI is InChI=1S/C22H31BrN4O4S/c1-15(2)25-6-4-17(5-7-25)31-21-13-16-12-20(24-19(16)14-18(21)23)22(28)26-8-10-27(11-9-26)32(3,29)30/h12-15,17,24H,4-11H2,1-3H3. The Morgan fingerprint density at radius 1 is 1.09 bits per heavy atom. The molecule has 0 saturated carbocycles. The molecule has 0 atom stereocenters. The van der Waals surface area contributed by atoms with Crippen LogP contribution in [-0.2, 0) is 10.0 Å². The molecule has 2 fully saturated rings. The molecule has 1 aromatic heterocycles. The molecular weight excluding hydrogens is 496 g/mol. The molecular formula is C22H31BrN4O4S. The smallest absolute Gasteiger partial charge is 0.270 e. The average molecular weight is 527 g/mol. The third-order valence-electron chi connectivity index (χ3n) is 6.40. The number of likely N-dealkylation sites (tertiary alicyclic amines) is 1. The van der Waals surface area contributed by atoms with Crippen molar-refractivity contribution < 1.29 is 17.9 Å². The van der Waals surface area contributed by atoms with E-state index in [1.54, 1.807) is 4.90 Å². The number of rotatable bonds is 5. The van der Waals surface area contributed by atoms with Gasteiger partial charge in [-0.15, -0.1) is 0 Å². The number of sulfonamides is 1. The minimum atomic E-state index is -3.22. The molecule has 8 nitrogen and oxygen atoms in total. The van der Waals surface area contributed by atoms with E-state index >= 15 is 0 Å². The number of carbonyl (C=O) groups excluding carboxylic acids is 1. The Morgan fingerprint density at radius 3 is 2.34 bits per heavy atom. The molecule has 2 saturated heterocycles. The summed E-state index contributed by atoms with van der Waals surface area (Å²) in [5.41, 5.74) is 1.36. The molecule has 176 valence electrons. The number of aromatic nitrogens is 1. The second-order valence-corrected chi connectivity index (χ2v) is 11.8. The predicted octanol–water partition coefficient (Wildman–Crippen LogP) is 2.90. The number of nitrogens with zero attached hydrogens (tertiary/aromatic N) is 3. The van der Waals surface area contributed by atoms with Crippen LogP contribution in [0.4, 0.5) is 0 Å². The Hall–Kier alpha value is -1.62. The van der Waals surface area contributed by atoms with Crippen LogP contribution in [0.5, 0.6) is 5.75 Å². The first-order valence-corrected chi connectivity index (χ1v) is 13.7. The summed E-state index contributed by atoms with van der Waals surface area (Å²) >= 11 is 3.61. The lowest BCUT2D eigenvalue weighted by Crippen LogP contribution is -2.50. The fourth-order valence-electron chi connectivity index (χ4n) is 4.42. The highest BCUT2D eigenvalue weighted by Crippen LogP contribution is 2.33. The molecule has 0 radical (unpaired) electrons. The molecule has 1 amide bonds. The van der Waals surface area contributed by atoms with Gasteiger partial charge in [0.25, 0.3) is 5.91 Å². The lowest BCUT2D eigenvalue weighted by atomic mass is 10.1. The van der Waals surface area contributed by atoms with E-state index in [0.29, 0.717) is 37.9 Å². The third kappa shape index (κ3) is 5.13. The van der Waals surface area contributed by atoms with Gasteiger partial charge in [0.05, 0.1) is 10.7 Å². The van der Waals surface area contributed by atoms with Crippen molar-refractivity contribution in [1.29, 1.82) is 0 Å². The van der Waals surface area contributed by atoms with Gasteiger partial charge in [-0.05, 0) is 60.8 Å². The van der Waals surface area contributed by atoms with Crippen LogP contribution < -0.4 is 4.74 Å². The molecule has 4 rings (SSSR count). The Kier molecular flexibility index (Phi) is 6.86. The fraction of sp³-hybridized carbons (Fsp3) is 0.591. The van der Waals surface area contributed by atoms with E-state index in [1.807, 2.05) is 18.2 Å². The van der Waals surface area contributed by atoms with Gasteiger partial charge in [-0.3, -0.25) is 4.79 Å². The molecule has 2 aliphatic heterocycles. The van der Waals surface area contributed by atoms with Crippen molar-refractivity contribution in [3.63, 3.8) is 0 Å². The lowest BCUT2D eigenvalue weighted by molar-refractivity contribution is 0.0693. The third-order valence-corrected chi connectivity index (χ3v) is 8.32. The Bertz CT molecular complexity index is 1080. The zero-order valence-electron chi connectivity index (χ0n) is 18.8. The van der Waals surface area contributed by atoms with Gasteiger partial charge in [-0.2, -0.15) is 4.31 Å². The van der Waals surface area contributed by atoms with Gasteiger partial charge in [0.1, 0.15) is 17.5 Å². The second-order valence-electron chi connectivity index (χ2n) is 8.95. The van der Waals surface area contributed by atoms with E-state index < -0.39 is 10.0 Å². The second kappa shape index (κ2) is 9.32. The van der Waals surface area contributed by atoms with Crippen molar-refractivity contribution in [1.82, 2.24) is 19.1 Å². The van der Waals surface area contributed by atoms with Crippen LogP contribution in [0.15, 0.2) is 22.7 Å². The molecule has 32 heavy (non-hydrogen) atoms. The maximum Gasteiger partial charge on any atom is 0.270 e. The number of nitrogens with one attached hydrogen (secondary N) is 1. The first-order chi connectivity index (χ1) is 15.1. The van der Waals surface area contributed by atoms with Crippen molar-refractivity contribution in [2.45, 2.75) is 38.8 Å². The normalized spacial score (nSPS) is 19.7. The molecule has 1 N–H and O–H groups in total. The Labute approximate surface area is 198 Å². The number of piperidine rings is 1. The quantitative estimate of drug-likeness (QED) is 0.647. The molecule has 2 aliphatic rings. The predicted molar refractivity (Wildman–Crippen MR) is 129 cm³/mol. The van der Waals surface area contributed by atoms with Crippen LogP contribution in [0.1, 0.15) is 37.2 Å². The maximum atomic E-state index is 13.0. The van der Waals surface area contributed by atoms with Gasteiger partial charge >= 0.3 is 0 Å². The maximum absolute atomic E-state index is 13.0. The zero-order chi connectivity index (χ0) is 23.0. The first-order valence-electron chi connectivity index (χ1n) is 11.1. The topological polar surface area (TPSA) is 85.9 Å². The van der Waals surface area contributed by atoms with Gasteiger partial charge < -0.3 is 19.5 Å². The minimum absolute atomic E-state index is 0.117. The number of ether oxygens (including phenoxy) is 1. The van der Waals surface area contributed by atoms with Gasteiger partial charge in [0, 0.05) is 56.2 Å². The van der Waals surface area contributed by atoms with Crippen LogP contribution in [0.25, 0.3) is 10.9 Å². The molecule has 3 heterocycles. The molecule has 0 aliphatic carbocycles. The highest BCUT2D eigenvalue weighted by atomic mass is 79.9. The van der Waals surface area contributed by atoms with Gasteiger partial charge in [-0.25, -0.2) is 8.42 Å². The van der Waals surface area contributed by atoms with E-state index in [0.717, 1.165) is 47.1 Å². The largest absolute Gasteiger partial charge is 0.489 e. The monoisotopic (exact) mass is 526 g/mol. The number of hydrogen-bond acceptors (Lipinski definition) is 5. The van der Waals surface area contributed by atoms with E-state index in [4.69, 9.17) is 4.74 Å². The van der Waals surface area contributed by atoms with Crippen molar-refractivity contribution in [2.24, 2.45) is 0 Å². The minimum Gasteiger partial charge on any atom is -0.489 e. The molecule has 0 bridgehead atoms. The number of benzene rings is 1. The summed E-state index contributed by atoms with van der Waals surface area (Å²) in [5, 5.41) is 0.918. The average Bonchev–Trinajstić information content (AvgIpc) is 3.16. The molecule has 0 unspecified atom stereocenters. The Morgan fingerprint density at radius 2 is 1.75 bits per heavy atom. The molecule has 2 aromatic rings. The van der Waals surface area contributed by atoms with Gasteiger partial charge in [-0.1, -0.05) is 0 Å². The summed E-state index contributed by atoms with van der Waals surface area (Å²) in [6.07, 6.45) is 3.38. The number of carbonyl (C=O) groups is 1. The van der Waals surface area contributed by atoms with Crippen molar-refractivity contribution in [3.8, 4) is 5.75 Å². The van der Waals surface area contributed by atoms with Crippen LogP contribution in [-0.4, -0.2) is 91.1 Å². The van der Waals surface area contributed by atoms with Crippen LogP contribution >= 0.6 is 15.9 Å². The number of hydrogen-bond donors (Lipinski definition) is 1. The SMILES string of the molecule is CC(C)N1CCC(Oc2cc3cc(C(=O)N4CCN(S(C)(=O)=O)CC4)[nH]c3cc2Br)CC1. The van der Waals surface area contributed by atoms with E-state index in [2.05, 4.69) is 39.7 Å². The van der Waals surface area contributed by atoms with Crippen molar-refractivity contribution in [3.05, 3.63) is 28.4 Å². The first kappa shape index (κ1) is 23.5. The number of piperazine rings is 1. The van der Waals surface area contributed by atoms with Crippen LogP contribution in [0.3, 0.4) is 0 Å². The van der Waals surface area contributed by atoms with Crippen LogP contribution in [0.2, 0.25) is 0 Å². The van der Waals surface area contributed by atoms with Gasteiger partial charge in [0.2, 0.25) is 10.0 Å². The van der Waals surface area contributed by atoms with Crippen molar-refractivity contribution >= 4 is 42.8 Å². The number of fused-ring (bicyclic) bond motifs is 1. The highest BCUT2D eigenvalue weighted by molar-refractivity contribution is 9.10. The number of aromatic amines is 1.